The molecule has 0 unspecified atom stereocenters. The van der Waals surface area contributed by atoms with Crippen molar-refractivity contribution < 1.29 is 9.18 Å². The monoisotopic (exact) mass is 389 g/mol. The van der Waals surface area contributed by atoms with Crippen LogP contribution in [0.15, 0.2) is 16.9 Å². The first-order chi connectivity index (χ1) is 13.1. The summed E-state index contributed by atoms with van der Waals surface area (Å²) in [5.74, 6) is 0.789. The van der Waals surface area contributed by atoms with Crippen molar-refractivity contribution in [2.45, 2.75) is 44.2 Å². The van der Waals surface area contributed by atoms with E-state index in [1.54, 1.807) is 10.5 Å². The Labute approximate surface area is 158 Å². The van der Waals surface area contributed by atoms with Crippen LogP contribution in [0.5, 0.6) is 0 Å². The second-order valence-electron chi connectivity index (χ2n) is 7.37. The molecule has 3 aromatic heterocycles. The number of amides is 1. The van der Waals surface area contributed by atoms with Gasteiger partial charge in [-0.2, -0.15) is 9.49 Å². The first kappa shape index (κ1) is 16.9. The number of carbonyl (C=O) groups is 1. The molecule has 1 atom stereocenters. The minimum Gasteiger partial charge on any atom is -0.350 e. The molecule has 2 aliphatic rings. The molecule has 142 valence electrons. The van der Waals surface area contributed by atoms with Gasteiger partial charge in [-0.05, 0) is 38.3 Å². The summed E-state index contributed by atoms with van der Waals surface area (Å²) in [6, 6.07) is 3.25. The number of hydrogen-bond acceptors (Lipinski definition) is 5. The Morgan fingerprint density at radius 3 is 2.93 bits per heavy atom. The van der Waals surface area contributed by atoms with E-state index in [-0.39, 0.29) is 35.1 Å². The van der Waals surface area contributed by atoms with Crippen LogP contribution in [0.2, 0.25) is 0 Å². The zero-order valence-corrected chi connectivity index (χ0v) is 15.5. The third kappa shape index (κ3) is 3.04. The maximum absolute atomic E-state index is 13.6. The van der Waals surface area contributed by atoms with Crippen LogP contribution < -0.4 is 16.2 Å². The predicted octanol–water partition coefficient (Wildman–Crippen LogP) is 1.60. The highest BCUT2D eigenvalue weighted by Gasteiger charge is 2.30. The van der Waals surface area contributed by atoms with Gasteiger partial charge in [0, 0.05) is 24.6 Å². The van der Waals surface area contributed by atoms with Gasteiger partial charge in [-0.1, -0.05) is 0 Å². The van der Waals surface area contributed by atoms with Gasteiger partial charge in [0.25, 0.3) is 5.56 Å². The first-order valence-electron chi connectivity index (χ1n) is 9.32. The Balaban J connectivity index is 1.51. The summed E-state index contributed by atoms with van der Waals surface area (Å²) < 4.78 is 17.4. The second-order valence-corrected chi connectivity index (χ2v) is 8.41. The SMILES string of the molecule is O=C(Cn1nc(C2CC2)n2c(cc3sc(F)cc32)c1=O)N[C@@H]1CCCNC1. The summed E-state index contributed by atoms with van der Waals surface area (Å²) in [5.41, 5.74) is 0.823. The molecule has 1 amide bonds. The smallest absolute Gasteiger partial charge is 0.291 e. The highest BCUT2D eigenvalue weighted by molar-refractivity contribution is 7.17. The fourth-order valence-corrected chi connectivity index (χ4v) is 4.62. The van der Waals surface area contributed by atoms with Crippen LogP contribution >= 0.6 is 11.3 Å². The van der Waals surface area contributed by atoms with Gasteiger partial charge in [0.05, 0.1) is 10.2 Å². The molecular formula is C18H20FN5O2S. The summed E-state index contributed by atoms with van der Waals surface area (Å²) in [6.07, 6.45) is 3.95. The molecule has 3 aromatic rings. The van der Waals surface area contributed by atoms with Gasteiger partial charge in [-0.3, -0.25) is 14.0 Å². The van der Waals surface area contributed by atoms with E-state index < -0.39 is 0 Å². The quantitative estimate of drug-likeness (QED) is 0.710. The topological polar surface area (TPSA) is 80.4 Å². The van der Waals surface area contributed by atoms with Crippen LogP contribution in [0, 0.1) is 5.13 Å². The van der Waals surface area contributed by atoms with Gasteiger partial charge in [0.15, 0.2) is 5.13 Å². The van der Waals surface area contributed by atoms with Gasteiger partial charge < -0.3 is 10.6 Å². The Kier molecular flexibility index (Phi) is 4.01. The zero-order valence-electron chi connectivity index (χ0n) is 14.7. The van der Waals surface area contributed by atoms with E-state index in [1.807, 2.05) is 0 Å². The molecule has 9 heteroatoms. The van der Waals surface area contributed by atoms with E-state index in [1.165, 1.54) is 10.7 Å². The lowest BCUT2D eigenvalue weighted by molar-refractivity contribution is -0.122. The largest absolute Gasteiger partial charge is 0.350 e. The number of rotatable bonds is 4. The van der Waals surface area contributed by atoms with Crippen molar-refractivity contribution in [1.82, 2.24) is 24.8 Å². The lowest BCUT2D eigenvalue weighted by Gasteiger charge is -2.23. The van der Waals surface area contributed by atoms with Gasteiger partial charge in [-0.15, -0.1) is 11.3 Å². The highest BCUT2D eigenvalue weighted by atomic mass is 32.1. The van der Waals surface area contributed by atoms with Crippen molar-refractivity contribution in [2.75, 3.05) is 13.1 Å². The minimum atomic E-state index is -0.319. The number of aromatic nitrogens is 3. The molecule has 2 N–H and O–H groups in total. The molecule has 7 nitrogen and oxygen atoms in total. The fourth-order valence-electron chi connectivity index (χ4n) is 3.81. The van der Waals surface area contributed by atoms with Gasteiger partial charge in [0.1, 0.15) is 17.9 Å². The number of nitrogens with one attached hydrogen (secondary N) is 2. The summed E-state index contributed by atoms with van der Waals surface area (Å²) in [5, 5.41) is 10.5. The second kappa shape index (κ2) is 6.42. The number of piperidine rings is 1. The maximum Gasteiger partial charge on any atom is 0.291 e. The average molecular weight is 389 g/mol. The third-order valence-corrected chi connectivity index (χ3v) is 6.12. The zero-order chi connectivity index (χ0) is 18.5. The Morgan fingerprint density at radius 2 is 2.19 bits per heavy atom. The lowest BCUT2D eigenvalue weighted by atomic mass is 10.1. The predicted molar refractivity (Wildman–Crippen MR) is 101 cm³/mol. The number of carbonyl (C=O) groups excluding carboxylic acids is 1. The molecule has 2 fully saturated rings. The van der Waals surface area contributed by atoms with Crippen LogP contribution in [-0.4, -0.2) is 39.2 Å². The van der Waals surface area contributed by atoms with Crippen molar-refractivity contribution in [3.05, 3.63) is 33.4 Å². The standard InChI is InChI=1S/C18H20FN5O2S/c19-15-7-12-14(27-15)6-13-18(26)23(22-17(24(12)13)10-3-4-10)9-16(25)21-11-2-1-5-20-8-11/h6-7,10-11,20H,1-5,8-9H2,(H,21,25)/t11-/m1/s1. The van der Waals surface area contributed by atoms with Crippen molar-refractivity contribution >= 4 is 33.0 Å². The number of hydrogen-bond donors (Lipinski definition) is 2. The molecule has 0 aromatic carbocycles. The molecule has 27 heavy (non-hydrogen) atoms. The maximum atomic E-state index is 13.6. The van der Waals surface area contributed by atoms with Gasteiger partial charge >= 0.3 is 0 Å². The molecule has 5 rings (SSSR count). The van der Waals surface area contributed by atoms with Crippen LogP contribution in [-0.2, 0) is 11.3 Å². The molecule has 0 radical (unpaired) electrons. The van der Waals surface area contributed by atoms with Crippen molar-refractivity contribution in [2.24, 2.45) is 0 Å². The lowest BCUT2D eigenvalue weighted by Crippen LogP contribution is -2.47. The molecule has 1 saturated carbocycles. The summed E-state index contributed by atoms with van der Waals surface area (Å²) in [6.45, 7) is 1.63. The van der Waals surface area contributed by atoms with Crippen LogP contribution in [0.25, 0.3) is 15.7 Å². The van der Waals surface area contributed by atoms with E-state index in [0.717, 1.165) is 60.6 Å². The van der Waals surface area contributed by atoms with Crippen molar-refractivity contribution in [1.29, 1.82) is 0 Å². The summed E-state index contributed by atoms with van der Waals surface area (Å²) in [4.78, 5) is 25.3. The first-order valence-corrected chi connectivity index (χ1v) is 10.1. The van der Waals surface area contributed by atoms with E-state index >= 15 is 0 Å². The molecule has 1 aliphatic carbocycles. The van der Waals surface area contributed by atoms with E-state index in [9.17, 15) is 14.0 Å². The molecule has 1 saturated heterocycles. The van der Waals surface area contributed by atoms with E-state index in [0.29, 0.717) is 11.0 Å². The molecule has 0 spiro atoms. The van der Waals surface area contributed by atoms with Crippen molar-refractivity contribution in [3.63, 3.8) is 0 Å². The molecular weight excluding hydrogens is 369 g/mol. The summed E-state index contributed by atoms with van der Waals surface area (Å²) >= 11 is 1.02. The van der Waals surface area contributed by atoms with E-state index in [4.69, 9.17) is 0 Å². The van der Waals surface area contributed by atoms with Gasteiger partial charge in [-0.25, -0.2) is 4.68 Å². The Bertz CT molecular complexity index is 1090. The molecule has 0 bridgehead atoms. The minimum absolute atomic E-state index is 0.0928. The van der Waals surface area contributed by atoms with Crippen LogP contribution in [0.4, 0.5) is 4.39 Å². The third-order valence-electron chi connectivity index (χ3n) is 5.26. The number of fused-ring (bicyclic) bond motifs is 3. The molecule has 4 heterocycles. The number of thiophene rings is 1. The Hall–Kier alpha value is -2.26. The number of nitrogens with zero attached hydrogens (tertiary/aromatic N) is 3. The van der Waals surface area contributed by atoms with Crippen LogP contribution in [0.3, 0.4) is 0 Å². The van der Waals surface area contributed by atoms with Crippen LogP contribution in [0.1, 0.15) is 37.4 Å². The van der Waals surface area contributed by atoms with Gasteiger partial charge in [0.2, 0.25) is 5.91 Å². The Morgan fingerprint density at radius 1 is 1.33 bits per heavy atom. The average Bonchev–Trinajstić information content (AvgIpc) is 3.34. The highest BCUT2D eigenvalue weighted by Crippen LogP contribution is 2.40. The van der Waals surface area contributed by atoms with E-state index in [2.05, 4.69) is 15.7 Å². The fraction of sp³-hybridized carbons (Fsp3) is 0.500. The van der Waals surface area contributed by atoms with Crippen molar-refractivity contribution in [3.8, 4) is 0 Å². The normalized spacial score (nSPS) is 20.4. The summed E-state index contributed by atoms with van der Waals surface area (Å²) in [7, 11) is 0. The number of halogens is 1. The molecule has 1 aliphatic heterocycles.